The van der Waals surface area contributed by atoms with Crippen LogP contribution < -0.4 is 5.32 Å². The molecule has 17 heavy (non-hydrogen) atoms. The average molecular weight is 254 g/mol. The second-order valence-corrected chi connectivity index (χ2v) is 4.74. The van der Waals surface area contributed by atoms with Gasteiger partial charge >= 0.3 is 0 Å². The summed E-state index contributed by atoms with van der Waals surface area (Å²) in [6.07, 6.45) is 0. The highest BCUT2D eigenvalue weighted by Gasteiger charge is 2.13. The lowest BCUT2D eigenvalue weighted by Crippen LogP contribution is -2.31. The van der Waals surface area contributed by atoms with Gasteiger partial charge in [0.05, 0.1) is 12.6 Å². The third-order valence-corrected chi connectivity index (χ3v) is 2.97. The predicted molar refractivity (Wildman–Crippen MR) is 69.3 cm³/mol. The molecule has 4 heteroatoms. The summed E-state index contributed by atoms with van der Waals surface area (Å²) >= 11 is 5.92. The third kappa shape index (κ3) is 2.80. The van der Waals surface area contributed by atoms with Gasteiger partial charge in [-0.15, -0.1) is 0 Å². The maximum absolute atomic E-state index is 9.00. The Hall–Kier alpha value is -1.03. The Balaban J connectivity index is 2.24. The van der Waals surface area contributed by atoms with Crippen LogP contribution in [0.1, 0.15) is 25.6 Å². The van der Waals surface area contributed by atoms with E-state index in [4.69, 9.17) is 21.1 Å². The van der Waals surface area contributed by atoms with Gasteiger partial charge in [0, 0.05) is 16.5 Å². The van der Waals surface area contributed by atoms with Crippen molar-refractivity contribution in [1.29, 1.82) is 0 Å². The summed E-state index contributed by atoms with van der Waals surface area (Å²) in [4.78, 5) is 0. The molecule has 0 saturated heterocycles. The first kappa shape index (κ1) is 12.4. The van der Waals surface area contributed by atoms with E-state index in [0.717, 1.165) is 16.7 Å². The van der Waals surface area contributed by atoms with Gasteiger partial charge in [0.1, 0.15) is 11.3 Å². The zero-order valence-electron chi connectivity index (χ0n) is 9.90. The topological polar surface area (TPSA) is 45.4 Å². The normalized spacial score (nSPS) is 15.1. The highest BCUT2D eigenvalue weighted by molar-refractivity contribution is 6.31. The van der Waals surface area contributed by atoms with Gasteiger partial charge in [0.15, 0.2) is 0 Å². The lowest BCUT2D eigenvalue weighted by atomic mass is 10.2. The number of furan rings is 1. The van der Waals surface area contributed by atoms with E-state index in [0.29, 0.717) is 5.02 Å². The van der Waals surface area contributed by atoms with E-state index < -0.39 is 0 Å². The quantitative estimate of drug-likeness (QED) is 0.880. The summed E-state index contributed by atoms with van der Waals surface area (Å²) in [6.45, 7) is 4.04. The Labute approximate surface area is 105 Å². The van der Waals surface area contributed by atoms with Crippen molar-refractivity contribution in [3.8, 4) is 0 Å². The Morgan fingerprint density at radius 3 is 2.82 bits per heavy atom. The monoisotopic (exact) mass is 253 g/mol. The number of benzene rings is 1. The van der Waals surface area contributed by atoms with Crippen LogP contribution in [-0.2, 0) is 0 Å². The van der Waals surface area contributed by atoms with Crippen molar-refractivity contribution in [1.82, 2.24) is 5.32 Å². The summed E-state index contributed by atoms with van der Waals surface area (Å²) in [7, 11) is 0. The zero-order valence-corrected chi connectivity index (χ0v) is 10.7. The standard InChI is InChI=1S/C13H16ClNO2/c1-8(7-16)15-9(2)13-6-10-5-11(14)3-4-12(10)17-13/h3-6,8-9,15-16H,7H2,1-2H3/t8-,9-/m1/s1. The summed E-state index contributed by atoms with van der Waals surface area (Å²) in [6, 6.07) is 7.63. The van der Waals surface area contributed by atoms with Crippen LogP contribution in [-0.4, -0.2) is 17.8 Å². The van der Waals surface area contributed by atoms with E-state index in [1.54, 1.807) is 0 Å². The van der Waals surface area contributed by atoms with E-state index >= 15 is 0 Å². The SMILES string of the molecule is C[C@H](CO)N[C@H](C)c1cc2cc(Cl)ccc2o1. The van der Waals surface area contributed by atoms with Crippen molar-refractivity contribution in [3.63, 3.8) is 0 Å². The Bertz CT molecular complexity index is 509. The van der Waals surface area contributed by atoms with Crippen molar-refractivity contribution >= 4 is 22.6 Å². The highest BCUT2D eigenvalue weighted by atomic mass is 35.5. The van der Waals surface area contributed by atoms with E-state index in [1.165, 1.54) is 0 Å². The molecule has 2 N–H and O–H groups in total. The summed E-state index contributed by atoms with van der Waals surface area (Å²) < 4.78 is 5.73. The molecule has 0 aliphatic carbocycles. The Kier molecular flexibility index (Phi) is 3.72. The van der Waals surface area contributed by atoms with Crippen molar-refractivity contribution in [2.24, 2.45) is 0 Å². The fourth-order valence-electron chi connectivity index (χ4n) is 1.81. The maximum atomic E-state index is 9.00. The Morgan fingerprint density at radius 1 is 1.35 bits per heavy atom. The molecule has 1 heterocycles. The first-order valence-corrected chi connectivity index (χ1v) is 6.04. The van der Waals surface area contributed by atoms with Gasteiger partial charge in [-0.05, 0) is 38.1 Å². The molecule has 0 saturated carbocycles. The minimum Gasteiger partial charge on any atom is -0.459 e. The van der Waals surface area contributed by atoms with E-state index in [9.17, 15) is 0 Å². The molecule has 0 aliphatic rings. The van der Waals surface area contributed by atoms with Crippen LogP contribution in [0, 0.1) is 0 Å². The number of aliphatic hydroxyl groups excluding tert-OH is 1. The van der Waals surface area contributed by atoms with Crippen LogP contribution in [0.4, 0.5) is 0 Å². The van der Waals surface area contributed by atoms with Crippen LogP contribution in [0.2, 0.25) is 5.02 Å². The molecular formula is C13H16ClNO2. The molecular weight excluding hydrogens is 238 g/mol. The largest absolute Gasteiger partial charge is 0.459 e. The summed E-state index contributed by atoms with van der Waals surface area (Å²) in [5.74, 6) is 0.850. The number of nitrogens with one attached hydrogen (secondary N) is 1. The first-order valence-electron chi connectivity index (χ1n) is 5.66. The Morgan fingerprint density at radius 2 is 2.12 bits per heavy atom. The maximum Gasteiger partial charge on any atom is 0.134 e. The molecule has 0 bridgehead atoms. The molecule has 2 atom stereocenters. The summed E-state index contributed by atoms with van der Waals surface area (Å²) in [5.41, 5.74) is 0.828. The second kappa shape index (κ2) is 5.08. The first-order chi connectivity index (χ1) is 8.10. The molecule has 0 spiro atoms. The van der Waals surface area contributed by atoms with Gasteiger partial charge in [-0.1, -0.05) is 11.6 Å². The molecule has 2 aromatic rings. The van der Waals surface area contributed by atoms with Gasteiger partial charge in [0.25, 0.3) is 0 Å². The predicted octanol–water partition coefficient (Wildman–Crippen LogP) is 3.12. The number of halogens is 1. The molecule has 0 radical (unpaired) electrons. The lowest BCUT2D eigenvalue weighted by molar-refractivity contribution is 0.239. The number of aliphatic hydroxyl groups is 1. The van der Waals surface area contributed by atoms with Crippen LogP contribution in [0.3, 0.4) is 0 Å². The number of hydrogen-bond donors (Lipinski definition) is 2. The number of rotatable bonds is 4. The number of fused-ring (bicyclic) bond motifs is 1. The molecule has 0 fully saturated rings. The molecule has 92 valence electrons. The smallest absolute Gasteiger partial charge is 0.134 e. The van der Waals surface area contributed by atoms with Gasteiger partial charge in [-0.25, -0.2) is 0 Å². The second-order valence-electron chi connectivity index (χ2n) is 4.30. The molecule has 0 aliphatic heterocycles. The molecule has 2 rings (SSSR count). The van der Waals surface area contributed by atoms with Crippen molar-refractivity contribution < 1.29 is 9.52 Å². The highest BCUT2D eigenvalue weighted by Crippen LogP contribution is 2.26. The van der Waals surface area contributed by atoms with Gasteiger partial charge in [-0.2, -0.15) is 0 Å². The fraction of sp³-hybridized carbons (Fsp3) is 0.385. The molecule has 1 aromatic carbocycles. The molecule has 3 nitrogen and oxygen atoms in total. The van der Waals surface area contributed by atoms with Gasteiger partial charge in [0.2, 0.25) is 0 Å². The molecule has 0 unspecified atom stereocenters. The van der Waals surface area contributed by atoms with Crippen LogP contribution in [0.15, 0.2) is 28.7 Å². The summed E-state index contributed by atoms with van der Waals surface area (Å²) in [5, 5.41) is 13.9. The fourth-order valence-corrected chi connectivity index (χ4v) is 1.99. The van der Waals surface area contributed by atoms with Gasteiger partial charge < -0.3 is 14.8 Å². The van der Waals surface area contributed by atoms with E-state index in [-0.39, 0.29) is 18.7 Å². The van der Waals surface area contributed by atoms with Crippen molar-refractivity contribution in [3.05, 3.63) is 35.0 Å². The van der Waals surface area contributed by atoms with Crippen LogP contribution in [0.5, 0.6) is 0 Å². The zero-order chi connectivity index (χ0) is 12.4. The van der Waals surface area contributed by atoms with E-state index in [1.807, 2.05) is 38.1 Å². The lowest BCUT2D eigenvalue weighted by Gasteiger charge is -2.15. The minimum atomic E-state index is 0.0433. The van der Waals surface area contributed by atoms with Crippen LogP contribution in [0.25, 0.3) is 11.0 Å². The van der Waals surface area contributed by atoms with Crippen LogP contribution >= 0.6 is 11.6 Å². The number of hydrogen-bond acceptors (Lipinski definition) is 3. The third-order valence-electron chi connectivity index (χ3n) is 2.73. The molecule has 1 aromatic heterocycles. The molecule has 0 amide bonds. The van der Waals surface area contributed by atoms with Crippen molar-refractivity contribution in [2.45, 2.75) is 25.9 Å². The average Bonchev–Trinajstić information content (AvgIpc) is 2.71. The van der Waals surface area contributed by atoms with E-state index in [2.05, 4.69) is 5.32 Å². The van der Waals surface area contributed by atoms with Gasteiger partial charge in [-0.3, -0.25) is 0 Å². The van der Waals surface area contributed by atoms with Crippen molar-refractivity contribution in [2.75, 3.05) is 6.61 Å². The minimum absolute atomic E-state index is 0.0433.